The van der Waals surface area contributed by atoms with Gasteiger partial charge in [0.15, 0.2) is 5.82 Å². The smallest absolute Gasteiger partial charge is 0.196 e. The highest BCUT2D eigenvalue weighted by Gasteiger charge is 2.00. The zero-order chi connectivity index (χ0) is 10.5. The minimum absolute atomic E-state index is 0.277. The van der Waals surface area contributed by atoms with Crippen molar-refractivity contribution in [3.8, 4) is 11.3 Å². The lowest BCUT2D eigenvalue weighted by atomic mass is 10.2. The van der Waals surface area contributed by atoms with Crippen LogP contribution in [0.3, 0.4) is 0 Å². The van der Waals surface area contributed by atoms with Gasteiger partial charge in [-0.2, -0.15) is 5.10 Å². The molecule has 1 aromatic heterocycles. The van der Waals surface area contributed by atoms with E-state index in [1.165, 1.54) is 0 Å². The standard InChI is InChI=1S/C10H8N4O/c15-12-7-10-13-9(6-11-14-10)8-4-2-1-3-5-8/h1-7,15H/b12-7+. The first-order valence-corrected chi connectivity index (χ1v) is 4.33. The zero-order valence-corrected chi connectivity index (χ0v) is 7.78. The van der Waals surface area contributed by atoms with Crippen molar-refractivity contribution in [2.24, 2.45) is 5.16 Å². The molecule has 1 heterocycles. The predicted molar refractivity (Wildman–Crippen MR) is 54.6 cm³/mol. The summed E-state index contributed by atoms with van der Waals surface area (Å²) in [7, 11) is 0. The molecule has 0 atom stereocenters. The molecule has 1 aromatic carbocycles. The molecule has 0 aliphatic heterocycles. The molecule has 2 aromatic rings. The Morgan fingerprint density at radius 3 is 2.73 bits per heavy atom. The van der Waals surface area contributed by atoms with Gasteiger partial charge in [0, 0.05) is 5.56 Å². The van der Waals surface area contributed by atoms with Gasteiger partial charge in [-0.25, -0.2) is 4.98 Å². The topological polar surface area (TPSA) is 71.3 Å². The molecule has 0 bridgehead atoms. The lowest BCUT2D eigenvalue weighted by Gasteiger charge is -1.98. The number of aromatic nitrogens is 3. The number of benzene rings is 1. The fourth-order valence-corrected chi connectivity index (χ4v) is 1.17. The van der Waals surface area contributed by atoms with Gasteiger partial charge < -0.3 is 5.21 Å². The van der Waals surface area contributed by atoms with E-state index in [0.29, 0.717) is 5.69 Å². The molecule has 0 aliphatic carbocycles. The molecule has 0 radical (unpaired) electrons. The quantitative estimate of drug-likeness (QED) is 0.451. The van der Waals surface area contributed by atoms with Crippen LogP contribution in [0.5, 0.6) is 0 Å². The molecule has 2 rings (SSSR count). The van der Waals surface area contributed by atoms with Crippen LogP contribution in [0.1, 0.15) is 5.82 Å². The molecule has 5 nitrogen and oxygen atoms in total. The summed E-state index contributed by atoms with van der Waals surface area (Å²) >= 11 is 0. The maximum absolute atomic E-state index is 8.34. The van der Waals surface area contributed by atoms with Crippen molar-refractivity contribution in [3.63, 3.8) is 0 Å². The Bertz CT molecular complexity index is 470. The summed E-state index contributed by atoms with van der Waals surface area (Å²) in [4.78, 5) is 4.15. The average Bonchev–Trinajstić information content (AvgIpc) is 2.31. The molecular weight excluding hydrogens is 192 g/mol. The molecule has 0 fully saturated rings. The van der Waals surface area contributed by atoms with E-state index in [-0.39, 0.29) is 5.82 Å². The highest BCUT2D eigenvalue weighted by molar-refractivity contribution is 5.74. The van der Waals surface area contributed by atoms with Gasteiger partial charge in [0.25, 0.3) is 0 Å². The molecular formula is C10H8N4O. The molecule has 0 amide bonds. The minimum Gasteiger partial charge on any atom is -0.411 e. The normalized spacial score (nSPS) is 10.7. The van der Waals surface area contributed by atoms with Gasteiger partial charge >= 0.3 is 0 Å². The van der Waals surface area contributed by atoms with Gasteiger partial charge in [-0.05, 0) is 0 Å². The van der Waals surface area contributed by atoms with E-state index in [9.17, 15) is 0 Å². The van der Waals surface area contributed by atoms with Crippen LogP contribution in [0.25, 0.3) is 11.3 Å². The van der Waals surface area contributed by atoms with E-state index in [0.717, 1.165) is 11.8 Å². The van der Waals surface area contributed by atoms with Gasteiger partial charge in [-0.15, -0.1) is 5.10 Å². The summed E-state index contributed by atoms with van der Waals surface area (Å²) in [5.41, 5.74) is 1.64. The van der Waals surface area contributed by atoms with E-state index in [2.05, 4.69) is 20.3 Å². The summed E-state index contributed by atoms with van der Waals surface area (Å²) in [6, 6.07) is 9.59. The monoisotopic (exact) mass is 200 g/mol. The van der Waals surface area contributed by atoms with Crippen LogP contribution in [-0.2, 0) is 0 Å². The van der Waals surface area contributed by atoms with Crippen LogP contribution < -0.4 is 0 Å². The fraction of sp³-hybridized carbons (Fsp3) is 0. The summed E-state index contributed by atoms with van der Waals surface area (Å²) in [5, 5.41) is 18.6. The van der Waals surface area contributed by atoms with Crippen molar-refractivity contribution in [3.05, 3.63) is 42.4 Å². The number of oxime groups is 1. The van der Waals surface area contributed by atoms with Crippen molar-refractivity contribution >= 4 is 6.21 Å². The first-order valence-electron chi connectivity index (χ1n) is 4.33. The lowest BCUT2D eigenvalue weighted by molar-refractivity contribution is 0.321. The van der Waals surface area contributed by atoms with Crippen LogP contribution in [0.4, 0.5) is 0 Å². The maximum Gasteiger partial charge on any atom is 0.196 e. The summed E-state index contributed by atoms with van der Waals surface area (Å²) in [6.07, 6.45) is 2.70. The highest BCUT2D eigenvalue weighted by Crippen LogP contribution is 2.13. The Morgan fingerprint density at radius 2 is 2.00 bits per heavy atom. The number of hydrogen-bond acceptors (Lipinski definition) is 5. The fourth-order valence-electron chi connectivity index (χ4n) is 1.17. The molecule has 0 spiro atoms. The molecule has 1 N–H and O–H groups in total. The second-order valence-corrected chi connectivity index (χ2v) is 2.81. The summed E-state index contributed by atoms with van der Waals surface area (Å²) < 4.78 is 0. The van der Waals surface area contributed by atoms with Gasteiger partial charge in [0.2, 0.25) is 0 Å². The molecule has 0 saturated carbocycles. The number of rotatable bonds is 2. The van der Waals surface area contributed by atoms with Gasteiger partial charge in [-0.1, -0.05) is 35.5 Å². The molecule has 0 saturated heterocycles. The Hall–Kier alpha value is -2.30. The third-order valence-corrected chi connectivity index (χ3v) is 1.82. The second kappa shape index (κ2) is 4.28. The predicted octanol–water partition coefficient (Wildman–Crippen LogP) is 1.35. The van der Waals surface area contributed by atoms with Gasteiger partial charge in [0.05, 0.1) is 11.9 Å². The summed E-state index contributed by atoms with van der Waals surface area (Å²) in [6.45, 7) is 0. The largest absolute Gasteiger partial charge is 0.411 e. The van der Waals surface area contributed by atoms with Gasteiger partial charge in [0.1, 0.15) is 6.21 Å². The lowest BCUT2D eigenvalue weighted by Crippen LogP contribution is -1.97. The van der Waals surface area contributed by atoms with E-state index < -0.39 is 0 Å². The number of nitrogens with zero attached hydrogens (tertiary/aromatic N) is 4. The Balaban J connectivity index is 2.41. The van der Waals surface area contributed by atoms with E-state index in [4.69, 9.17) is 5.21 Å². The molecule has 0 aliphatic rings. The molecule has 0 unspecified atom stereocenters. The SMILES string of the molecule is O/N=C/c1nncc(-c2ccccc2)n1. The maximum atomic E-state index is 8.34. The van der Waals surface area contributed by atoms with Crippen molar-refractivity contribution in [2.45, 2.75) is 0 Å². The molecule has 5 heteroatoms. The second-order valence-electron chi connectivity index (χ2n) is 2.81. The van der Waals surface area contributed by atoms with Crippen LogP contribution >= 0.6 is 0 Å². The third-order valence-electron chi connectivity index (χ3n) is 1.82. The van der Waals surface area contributed by atoms with Crippen LogP contribution in [-0.4, -0.2) is 26.6 Å². The van der Waals surface area contributed by atoms with Crippen LogP contribution in [0.2, 0.25) is 0 Å². The van der Waals surface area contributed by atoms with Crippen LogP contribution in [0, 0.1) is 0 Å². The summed E-state index contributed by atoms with van der Waals surface area (Å²) in [5.74, 6) is 0.277. The minimum atomic E-state index is 0.277. The Morgan fingerprint density at radius 1 is 1.20 bits per heavy atom. The van der Waals surface area contributed by atoms with Crippen LogP contribution in [0.15, 0.2) is 41.7 Å². The van der Waals surface area contributed by atoms with Crippen molar-refractivity contribution < 1.29 is 5.21 Å². The van der Waals surface area contributed by atoms with Crippen molar-refractivity contribution in [1.29, 1.82) is 0 Å². The van der Waals surface area contributed by atoms with Gasteiger partial charge in [-0.3, -0.25) is 0 Å². The van der Waals surface area contributed by atoms with E-state index >= 15 is 0 Å². The Labute approximate surface area is 86.1 Å². The zero-order valence-electron chi connectivity index (χ0n) is 7.78. The van der Waals surface area contributed by atoms with Crippen molar-refractivity contribution in [2.75, 3.05) is 0 Å². The third kappa shape index (κ3) is 2.14. The number of hydrogen-bond donors (Lipinski definition) is 1. The molecule has 74 valence electrons. The Kier molecular flexibility index (Phi) is 2.64. The van der Waals surface area contributed by atoms with Crippen molar-refractivity contribution in [1.82, 2.24) is 15.2 Å². The van der Waals surface area contributed by atoms with E-state index in [1.54, 1.807) is 6.20 Å². The highest BCUT2D eigenvalue weighted by atomic mass is 16.4. The average molecular weight is 200 g/mol. The molecule has 15 heavy (non-hydrogen) atoms. The van der Waals surface area contributed by atoms with E-state index in [1.807, 2.05) is 30.3 Å². The first-order chi connectivity index (χ1) is 7.40. The first kappa shape index (κ1) is 9.26.